The van der Waals surface area contributed by atoms with Crippen molar-refractivity contribution < 1.29 is 27.2 Å². The van der Waals surface area contributed by atoms with Crippen LogP contribution < -0.4 is 0 Å². The van der Waals surface area contributed by atoms with Crippen LogP contribution in [-0.2, 0) is 27.2 Å². The van der Waals surface area contributed by atoms with Crippen LogP contribution in [0.4, 0.5) is 0 Å². The highest BCUT2D eigenvalue weighted by Gasteiger charge is 2.50. The molecule has 0 spiro atoms. The zero-order valence-corrected chi connectivity index (χ0v) is 20.0. The highest BCUT2D eigenvalue weighted by Crippen LogP contribution is 2.71. The van der Waals surface area contributed by atoms with Crippen LogP contribution in [0.1, 0.15) is 74.1 Å². The van der Waals surface area contributed by atoms with E-state index in [0.717, 1.165) is 19.3 Å². The topological polar surface area (TPSA) is 71.1 Å². The Bertz CT molecular complexity index is 466. The van der Waals surface area contributed by atoms with Crippen molar-refractivity contribution in [3.8, 4) is 0 Å². The van der Waals surface area contributed by atoms with E-state index in [9.17, 15) is 9.13 Å². The van der Waals surface area contributed by atoms with Gasteiger partial charge in [0.15, 0.2) is 5.40 Å². The Hall–Kier alpha value is 0.0400. The lowest BCUT2D eigenvalue weighted by Gasteiger charge is -2.32. The zero-order chi connectivity index (χ0) is 20.9. The summed E-state index contributed by atoms with van der Waals surface area (Å²) in [7, 11) is -7.27. The molecule has 0 rings (SSSR count). The first-order valence-electron chi connectivity index (χ1n) is 10.1. The smallest absolute Gasteiger partial charge is 0.308 e. The van der Waals surface area contributed by atoms with E-state index in [1.165, 1.54) is 5.57 Å². The Labute approximate surface area is 166 Å². The van der Waals surface area contributed by atoms with E-state index in [2.05, 4.69) is 26.8 Å². The Kier molecular flexibility index (Phi) is 14.1. The van der Waals surface area contributed by atoms with Gasteiger partial charge in [0.1, 0.15) is 0 Å². The van der Waals surface area contributed by atoms with Crippen LogP contribution >= 0.6 is 15.2 Å². The second-order valence-corrected chi connectivity index (χ2v) is 11.6. The van der Waals surface area contributed by atoms with E-state index in [0.29, 0.717) is 12.3 Å². The Morgan fingerprint density at radius 2 is 1.19 bits per heavy atom. The van der Waals surface area contributed by atoms with Crippen molar-refractivity contribution in [3.63, 3.8) is 0 Å². The maximum Gasteiger partial charge on any atom is 0.345 e. The largest absolute Gasteiger partial charge is 0.345 e. The van der Waals surface area contributed by atoms with Gasteiger partial charge in [0.2, 0.25) is 0 Å². The molecule has 27 heavy (non-hydrogen) atoms. The molecule has 0 saturated carbocycles. The third kappa shape index (κ3) is 9.87. The van der Waals surface area contributed by atoms with E-state index >= 15 is 0 Å². The number of rotatable bonds is 16. The predicted molar refractivity (Wildman–Crippen MR) is 113 cm³/mol. The van der Waals surface area contributed by atoms with Gasteiger partial charge in [-0.25, -0.2) is 0 Å². The van der Waals surface area contributed by atoms with Crippen LogP contribution in [0.2, 0.25) is 0 Å². The maximum atomic E-state index is 13.4. The standard InChI is InChI=1S/C19H40O6P2/c1-8-22-26(20,23-9-2)19(27(21,24-10-3)25-11-4)16-15-18(7)14-12-13-17(5)6/h13,18-19H,8-12,14-16H2,1-7H3. The van der Waals surface area contributed by atoms with Gasteiger partial charge in [-0.15, -0.1) is 0 Å². The average molecular weight is 426 g/mol. The van der Waals surface area contributed by atoms with Crippen molar-refractivity contribution in [2.45, 2.75) is 79.5 Å². The molecule has 0 saturated heterocycles. The third-order valence-corrected chi connectivity index (χ3v) is 10.2. The lowest BCUT2D eigenvalue weighted by molar-refractivity contribution is 0.192. The van der Waals surface area contributed by atoms with Gasteiger partial charge >= 0.3 is 15.2 Å². The van der Waals surface area contributed by atoms with E-state index in [1.54, 1.807) is 27.7 Å². The first-order chi connectivity index (χ1) is 12.7. The number of allylic oxidation sites excluding steroid dienone is 2. The molecule has 1 atom stereocenters. The summed E-state index contributed by atoms with van der Waals surface area (Å²) in [4.78, 5) is 0. The van der Waals surface area contributed by atoms with Gasteiger partial charge < -0.3 is 18.1 Å². The molecule has 6 nitrogen and oxygen atoms in total. The summed E-state index contributed by atoms with van der Waals surface area (Å²) in [6, 6.07) is 0. The second-order valence-electron chi connectivity index (χ2n) is 6.77. The van der Waals surface area contributed by atoms with E-state index < -0.39 is 20.6 Å². The van der Waals surface area contributed by atoms with Crippen molar-refractivity contribution in [3.05, 3.63) is 11.6 Å². The lowest BCUT2D eigenvalue weighted by atomic mass is 10.00. The van der Waals surface area contributed by atoms with Crippen molar-refractivity contribution in [1.82, 2.24) is 0 Å². The molecule has 0 aromatic heterocycles. The molecule has 1 unspecified atom stereocenters. The van der Waals surface area contributed by atoms with Crippen molar-refractivity contribution in [2.75, 3.05) is 26.4 Å². The molecule has 0 fully saturated rings. The lowest BCUT2D eigenvalue weighted by Crippen LogP contribution is -2.18. The van der Waals surface area contributed by atoms with E-state index in [-0.39, 0.29) is 26.4 Å². The van der Waals surface area contributed by atoms with E-state index in [1.807, 2.05) is 0 Å². The fourth-order valence-corrected chi connectivity index (χ4v) is 8.26. The second kappa shape index (κ2) is 14.1. The molecule has 0 bridgehead atoms. The summed E-state index contributed by atoms with van der Waals surface area (Å²) < 4.78 is 48.9. The fraction of sp³-hybridized carbons (Fsp3) is 0.895. The van der Waals surface area contributed by atoms with Crippen LogP contribution in [0.25, 0.3) is 0 Å². The molecule has 8 heteroatoms. The highest BCUT2D eigenvalue weighted by atomic mass is 31.2. The predicted octanol–water partition coefficient (Wildman–Crippen LogP) is 7.01. The molecule has 0 aliphatic rings. The molecule has 0 heterocycles. The number of hydrogen-bond acceptors (Lipinski definition) is 6. The van der Waals surface area contributed by atoms with Crippen LogP contribution in [0.15, 0.2) is 11.6 Å². The summed E-state index contributed by atoms with van der Waals surface area (Å²) in [5.41, 5.74) is 1.30. The summed E-state index contributed by atoms with van der Waals surface area (Å²) in [5.74, 6) is 0.386. The molecule has 0 aliphatic carbocycles. The summed E-state index contributed by atoms with van der Waals surface area (Å²) in [6.45, 7) is 14.1. The van der Waals surface area contributed by atoms with Crippen molar-refractivity contribution in [1.29, 1.82) is 0 Å². The Balaban J connectivity index is 5.48. The first-order valence-corrected chi connectivity index (χ1v) is 13.3. The van der Waals surface area contributed by atoms with Crippen molar-refractivity contribution in [2.24, 2.45) is 5.92 Å². The zero-order valence-electron chi connectivity index (χ0n) is 18.2. The molecule has 0 aliphatic heterocycles. The van der Waals surface area contributed by atoms with E-state index in [4.69, 9.17) is 18.1 Å². The molecule has 0 aromatic rings. The normalized spacial score (nSPS) is 13.8. The molecular formula is C19H40O6P2. The van der Waals surface area contributed by atoms with Gasteiger partial charge in [-0.3, -0.25) is 9.13 Å². The van der Waals surface area contributed by atoms with Crippen LogP contribution in [0.5, 0.6) is 0 Å². The fourth-order valence-electron chi connectivity index (χ4n) is 2.86. The molecule has 162 valence electrons. The van der Waals surface area contributed by atoms with Gasteiger partial charge in [0, 0.05) is 0 Å². The van der Waals surface area contributed by atoms with Gasteiger partial charge in [0.05, 0.1) is 26.4 Å². The molecule has 0 N–H and O–H groups in total. The summed E-state index contributed by atoms with van der Waals surface area (Å²) in [6.07, 6.45) is 5.38. The quantitative estimate of drug-likeness (QED) is 0.195. The maximum absolute atomic E-state index is 13.4. The SMILES string of the molecule is CCOP(=O)(OCC)C(CCC(C)CCC=C(C)C)P(=O)(OCC)OCC. The van der Waals surface area contributed by atoms with Crippen LogP contribution in [0.3, 0.4) is 0 Å². The van der Waals surface area contributed by atoms with Gasteiger partial charge in [-0.2, -0.15) is 0 Å². The van der Waals surface area contributed by atoms with Crippen LogP contribution in [-0.4, -0.2) is 31.8 Å². The van der Waals surface area contributed by atoms with Gasteiger partial charge in [0.25, 0.3) is 0 Å². The van der Waals surface area contributed by atoms with Crippen LogP contribution in [0, 0.1) is 5.92 Å². The first kappa shape index (κ1) is 27.0. The summed E-state index contributed by atoms with van der Waals surface area (Å²) >= 11 is 0. The monoisotopic (exact) mass is 426 g/mol. The average Bonchev–Trinajstić information content (AvgIpc) is 2.55. The minimum Gasteiger partial charge on any atom is -0.308 e. The number of hydrogen-bond donors (Lipinski definition) is 0. The third-order valence-electron chi connectivity index (χ3n) is 4.10. The summed E-state index contributed by atoms with van der Waals surface area (Å²) in [5, 5.41) is -0.907. The Morgan fingerprint density at radius 3 is 1.52 bits per heavy atom. The molecule has 0 aromatic carbocycles. The molecule has 0 radical (unpaired) electrons. The van der Waals surface area contributed by atoms with Gasteiger partial charge in [-0.1, -0.05) is 18.6 Å². The Morgan fingerprint density at radius 1 is 0.778 bits per heavy atom. The molecular weight excluding hydrogens is 386 g/mol. The highest BCUT2D eigenvalue weighted by molar-refractivity contribution is 7.72. The minimum atomic E-state index is -3.63. The minimum absolute atomic E-state index is 0.210. The van der Waals surface area contributed by atoms with Gasteiger partial charge in [-0.05, 0) is 73.1 Å². The molecule has 0 amide bonds. The van der Waals surface area contributed by atoms with Crippen molar-refractivity contribution >= 4 is 15.2 Å².